The fourth-order valence-corrected chi connectivity index (χ4v) is 4.48. The molecule has 3 atom stereocenters. The number of piperidine rings is 1. The molecule has 0 saturated carbocycles. The number of benzene rings is 2. The molecular formula is C27H34N2O5. The maximum Gasteiger partial charge on any atom is 0.411 e. The lowest BCUT2D eigenvalue weighted by Gasteiger charge is -2.39. The predicted octanol–water partition coefficient (Wildman–Crippen LogP) is 4.94. The average molecular weight is 467 g/mol. The molecule has 2 N–H and O–H groups in total. The number of hydrogen-bond donors (Lipinski definition) is 2. The van der Waals surface area contributed by atoms with Crippen LogP contribution in [0.5, 0.6) is 0 Å². The lowest BCUT2D eigenvalue weighted by atomic mass is 9.99. The minimum atomic E-state index is -0.522. The zero-order chi connectivity index (χ0) is 23.8. The summed E-state index contributed by atoms with van der Waals surface area (Å²) in [6, 6.07) is 15.4. The van der Waals surface area contributed by atoms with Gasteiger partial charge in [-0.3, -0.25) is 5.32 Å². The van der Waals surface area contributed by atoms with Gasteiger partial charge in [0.2, 0.25) is 0 Å². The number of aliphatic hydroxyl groups is 1. The van der Waals surface area contributed by atoms with E-state index in [0.717, 1.165) is 42.7 Å². The topological polar surface area (TPSA) is 80.3 Å². The molecule has 1 amide bonds. The van der Waals surface area contributed by atoms with E-state index in [2.05, 4.69) is 16.8 Å². The third-order valence-electron chi connectivity index (χ3n) is 6.29. The second-order valence-electron chi connectivity index (χ2n) is 8.85. The summed E-state index contributed by atoms with van der Waals surface area (Å²) in [5, 5.41) is 12.1. The average Bonchev–Trinajstić information content (AvgIpc) is 2.88. The molecule has 182 valence electrons. The van der Waals surface area contributed by atoms with Crippen molar-refractivity contribution in [2.45, 2.75) is 50.8 Å². The number of hydrogen-bond acceptors (Lipinski definition) is 6. The van der Waals surface area contributed by atoms with Gasteiger partial charge in [0.15, 0.2) is 6.29 Å². The van der Waals surface area contributed by atoms with Crippen molar-refractivity contribution in [2.24, 2.45) is 0 Å². The number of aliphatic hydroxyl groups excluding tert-OH is 1. The van der Waals surface area contributed by atoms with Crippen molar-refractivity contribution in [1.29, 1.82) is 0 Å². The van der Waals surface area contributed by atoms with Crippen LogP contribution in [0, 0.1) is 0 Å². The molecule has 2 aliphatic heterocycles. The second-order valence-corrected chi connectivity index (χ2v) is 8.85. The smallest absolute Gasteiger partial charge is 0.411 e. The molecule has 2 fully saturated rings. The van der Waals surface area contributed by atoms with Gasteiger partial charge in [-0.05, 0) is 49.2 Å². The SMILES string of the molecule is C=CCOC(=O)Nc1ccc([C@H]2O[C@@H](CN3CCCCC3)C[C@@H](c3ccc(CO)cc3)O2)cc1. The Kier molecular flexibility index (Phi) is 8.71. The Morgan fingerprint density at radius 3 is 2.44 bits per heavy atom. The van der Waals surface area contributed by atoms with E-state index in [1.165, 1.54) is 25.3 Å². The Bertz CT molecular complexity index is 925. The van der Waals surface area contributed by atoms with E-state index in [-0.39, 0.29) is 25.4 Å². The predicted molar refractivity (Wildman–Crippen MR) is 130 cm³/mol. The van der Waals surface area contributed by atoms with Crippen LogP contribution in [-0.2, 0) is 20.8 Å². The van der Waals surface area contributed by atoms with Gasteiger partial charge in [-0.2, -0.15) is 0 Å². The van der Waals surface area contributed by atoms with E-state index in [1.807, 2.05) is 48.5 Å². The van der Waals surface area contributed by atoms with Crippen molar-refractivity contribution in [1.82, 2.24) is 4.90 Å². The number of amides is 1. The minimum Gasteiger partial charge on any atom is -0.445 e. The van der Waals surface area contributed by atoms with Crippen LogP contribution >= 0.6 is 0 Å². The first-order valence-corrected chi connectivity index (χ1v) is 12.0. The van der Waals surface area contributed by atoms with Crippen LogP contribution in [0.25, 0.3) is 0 Å². The third-order valence-corrected chi connectivity index (χ3v) is 6.29. The monoisotopic (exact) mass is 466 g/mol. The van der Waals surface area contributed by atoms with E-state index < -0.39 is 12.4 Å². The first-order valence-electron chi connectivity index (χ1n) is 12.0. The molecule has 2 saturated heterocycles. The Balaban J connectivity index is 1.47. The maximum absolute atomic E-state index is 11.8. The summed E-state index contributed by atoms with van der Waals surface area (Å²) in [5.74, 6) is 0. The van der Waals surface area contributed by atoms with Gasteiger partial charge in [0.1, 0.15) is 6.61 Å². The number of rotatable bonds is 8. The highest BCUT2D eigenvalue weighted by Gasteiger charge is 2.33. The maximum atomic E-state index is 11.8. The van der Waals surface area contributed by atoms with Crippen molar-refractivity contribution < 1.29 is 24.1 Å². The highest BCUT2D eigenvalue weighted by atomic mass is 16.7. The Labute approximate surface area is 201 Å². The van der Waals surface area contributed by atoms with E-state index in [1.54, 1.807) is 0 Å². The van der Waals surface area contributed by atoms with Crippen molar-refractivity contribution >= 4 is 11.8 Å². The van der Waals surface area contributed by atoms with E-state index in [9.17, 15) is 9.90 Å². The highest BCUT2D eigenvalue weighted by molar-refractivity contribution is 5.84. The lowest BCUT2D eigenvalue weighted by molar-refractivity contribution is -0.253. The molecular weight excluding hydrogens is 432 g/mol. The number of likely N-dealkylation sites (tertiary alicyclic amines) is 1. The fraction of sp³-hybridized carbons (Fsp3) is 0.444. The molecule has 7 heteroatoms. The molecule has 0 aromatic heterocycles. The Hall–Kier alpha value is -2.71. The van der Waals surface area contributed by atoms with Crippen molar-refractivity contribution in [3.63, 3.8) is 0 Å². The van der Waals surface area contributed by atoms with Crippen LogP contribution in [0.15, 0.2) is 61.2 Å². The number of nitrogens with one attached hydrogen (secondary N) is 1. The van der Waals surface area contributed by atoms with Gasteiger partial charge < -0.3 is 24.2 Å². The second kappa shape index (κ2) is 12.1. The van der Waals surface area contributed by atoms with Crippen LogP contribution in [0.3, 0.4) is 0 Å². The number of nitrogens with zero attached hydrogens (tertiary/aromatic N) is 1. The number of carbonyl (C=O) groups excluding carboxylic acids is 1. The van der Waals surface area contributed by atoms with E-state index >= 15 is 0 Å². The Morgan fingerprint density at radius 2 is 1.76 bits per heavy atom. The molecule has 4 rings (SSSR count). The quantitative estimate of drug-likeness (QED) is 0.536. The summed E-state index contributed by atoms with van der Waals surface area (Å²) in [5.41, 5.74) is 3.49. The minimum absolute atomic E-state index is 0.0244. The van der Waals surface area contributed by atoms with Gasteiger partial charge in [-0.1, -0.05) is 55.5 Å². The summed E-state index contributed by atoms with van der Waals surface area (Å²) < 4.78 is 17.8. The highest BCUT2D eigenvalue weighted by Crippen LogP contribution is 2.38. The van der Waals surface area contributed by atoms with Gasteiger partial charge >= 0.3 is 6.09 Å². The molecule has 0 radical (unpaired) electrons. The Morgan fingerprint density at radius 1 is 1.06 bits per heavy atom. The van der Waals surface area contributed by atoms with E-state index in [0.29, 0.717) is 5.69 Å². The van der Waals surface area contributed by atoms with Crippen LogP contribution in [0.1, 0.15) is 54.8 Å². The third kappa shape index (κ3) is 6.67. The lowest BCUT2D eigenvalue weighted by Crippen LogP contribution is -2.41. The number of carbonyl (C=O) groups is 1. The summed E-state index contributed by atoms with van der Waals surface area (Å²) >= 11 is 0. The summed E-state index contributed by atoms with van der Waals surface area (Å²) in [6.07, 6.45) is 4.99. The zero-order valence-electron chi connectivity index (χ0n) is 19.5. The van der Waals surface area contributed by atoms with Crippen LogP contribution in [0.4, 0.5) is 10.5 Å². The molecule has 2 heterocycles. The molecule has 2 aliphatic rings. The van der Waals surface area contributed by atoms with E-state index in [4.69, 9.17) is 14.2 Å². The number of ether oxygens (including phenoxy) is 3. The van der Waals surface area contributed by atoms with Gasteiger partial charge in [-0.15, -0.1) is 0 Å². The largest absolute Gasteiger partial charge is 0.445 e. The molecule has 34 heavy (non-hydrogen) atoms. The van der Waals surface area contributed by atoms with Gasteiger partial charge in [0.05, 0.1) is 18.8 Å². The fourth-order valence-electron chi connectivity index (χ4n) is 4.48. The van der Waals surface area contributed by atoms with Crippen molar-refractivity contribution in [3.05, 3.63) is 77.9 Å². The molecule has 0 spiro atoms. The van der Waals surface area contributed by atoms with Gasteiger partial charge in [-0.25, -0.2) is 4.79 Å². The van der Waals surface area contributed by atoms with Crippen LogP contribution in [-0.4, -0.2) is 48.4 Å². The normalized spacial score (nSPS) is 23.3. The molecule has 2 aromatic carbocycles. The van der Waals surface area contributed by atoms with Crippen LogP contribution < -0.4 is 5.32 Å². The summed E-state index contributed by atoms with van der Waals surface area (Å²) in [6.45, 7) is 6.84. The van der Waals surface area contributed by atoms with Crippen molar-refractivity contribution in [3.8, 4) is 0 Å². The first-order chi connectivity index (χ1) is 16.6. The van der Waals surface area contributed by atoms with Crippen molar-refractivity contribution in [2.75, 3.05) is 31.6 Å². The van der Waals surface area contributed by atoms with Crippen LogP contribution in [0.2, 0.25) is 0 Å². The standard InChI is InChI=1S/C27H34N2O5/c1-2-16-32-27(31)28-23-12-10-22(11-13-23)26-33-24(18-29-14-4-3-5-15-29)17-25(34-26)21-8-6-20(19-30)7-9-21/h2,6-13,24-26,30H,1,3-5,14-19H2,(H,28,31)/t24-,25+,26+/m1/s1. The van der Waals surface area contributed by atoms with Gasteiger partial charge in [0, 0.05) is 24.2 Å². The first kappa shape index (κ1) is 24.4. The number of anilines is 1. The molecule has 2 aromatic rings. The summed E-state index contributed by atoms with van der Waals surface area (Å²) in [4.78, 5) is 14.3. The van der Waals surface area contributed by atoms with Gasteiger partial charge in [0.25, 0.3) is 0 Å². The zero-order valence-corrected chi connectivity index (χ0v) is 19.5. The molecule has 0 aliphatic carbocycles. The molecule has 0 unspecified atom stereocenters. The molecule has 7 nitrogen and oxygen atoms in total. The summed E-state index contributed by atoms with van der Waals surface area (Å²) in [7, 11) is 0. The molecule has 0 bridgehead atoms.